The van der Waals surface area contributed by atoms with E-state index in [1.54, 1.807) is 7.05 Å². The molecule has 0 bridgehead atoms. The molecule has 2 aromatic rings. The van der Waals surface area contributed by atoms with Gasteiger partial charge in [0.2, 0.25) is 0 Å². The molecule has 6 nitrogen and oxygen atoms in total. The van der Waals surface area contributed by atoms with E-state index in [-0.39, 0.29) is 6.04 Å². The van der Waals surface area contributed by atoms with Crippen molar-refractivity contribution in [3.05, 3.63) is 39.1 Å². The molecule has 102 valence electrons. The van der Waals surface area contributed by atoms with E-state index in [0.29, 0.717) is 12.2 Å². The smallest absolute Gasteiger partial charge is 0.176 e. The number of nitrogens with two attached hydrogens (primary N) is 1. The molecule has 0 saturated carbocycles. The lowest BCUT2D eigenvalue weighted by Gasteiger charge is -2.17. The summed E-state index contributed by atoms with van der Waals surface area (Å²) < 4.78 is 1.13. The molecular weight excluding hydrogens is 308 g/mol. The van der Waals surface area contributed by atoms with Crippen LogP contribution in [0.25, 0.3) is 0 Å². The second kappa shape index (κ2) is 5.77. The summed E-state index contributed by atoms with van der Waals surface area (Å²) in [7, 11) is 1.75. The molecule has 1 heterocycles. The average Bonchev–Trinajstić information content (AvgIpc) is 2.78. The maximum Gasteiger partial charge on any atom is 0.176 e. The van der Waals surface area contributed by atoms with Gasteiger partial charge in [-0.25, -0.2) is 0 Å². The van der Waals surface area contributed by atoms with Gasteiger partial charge in [0.05, 0.1) is 13.1 Å². The molecular formula is C12H17BrN6. The third kappa shape index (κ3) is 3.17. The van der Waals surface area contributed by atoms with Gasteiger partial charge in [-0.3, -0.25) is 11.3 Å². The van der Waals surface area contributed by atoms with Crippen LogP contribution in [-0.4, -0.2) is 20.2 Å². The number of aryl methyl sites for hydroxylation is 3. The Hall–Kier alpha value is -1.31. The zero-order valence-corrected chi connectivity index (χ0v) is 12.8. The van der Waals surface area contributed by atoms with Gasteiger partial charge >= 0.3 is 0 Å². The number of hydrogen-bond acceptors (Lipinski definition) is 5. The van der Waals surface area contributed by atoms with Gasteiger partial charge in [-0.05, 0) is 35.8 Å². The fraction of sp³-hybridized carbons (Fsp3) is 0.417. The van der Waals surface area contributed by atoms with E-state index in [9.17, 15) is 0 Å². The lowest BCUT2D eigenvalue weighted by atomic mass is 9.99. The Labute approximate surface area is 120 Å². The Bertz CT molecular complexity index is 556. The Balaban J connectivity index is 2.27. The summed E-state index contributed by atoms with van der Waals surface area (Å²) in [5.41, 5.74) is 6.30. The van der Waals surface area contributed by atoms with E-state index in [1.807, 2.05) is 0 Å². The first-order chi connectivity index (χ1) is 9.01. The highest BCUT2D eigenvalue weighted by atomic mass is 79.9. The summed E-state index contributed by atoms with van der Waals surface area (Å²) in [6.07, 6.45) is 0.602. The first-order valence-electron chi connectivity index (χ1n) is 5.97. The first-order valence-corrected chi connectivity index (χ1v) is 6.76. The molecule has 3 N–H and O–H groups in total. The van der Waals surface area contributed by atoms with Crippen LogP contribution in [-0.2, 0) is 13.5 Å². The van der Waals surface area contributed by atoms with Gasteiger partial charge < -0.3 is 0 Å². The molecule has 19 heavy (non-hydrogen) atoms. The van der Waals surface area contributed by atoms with Crippen molar-refractivity contribution in [2.24, 2.45) is 12.9 Å². The normalized spacial score (nSPS) is 12.7. The molecule has 7 heteroatoms. The molecule has 1 atom stereocenters. The van der Waals surface area contributed by atoms with Crippen molar-refractivity contribution < 1.29 is 0 Å². The highest BCUT2D eigenvalue weighted by Gasteiger charge is 2.15. The van der Waals surface area contributed by atoms with Crippen LogP contribution in [0.5, 0.6) is 0 Å². The number of rotatable bonds is 4. The number of halogens is 1. The van der Waals surface area contributed by atoms with E-state index in [1.165, 1.54) is 15.9 Å². The summed E-state index contributed by atoms with van der Waals surface area (Å²) in [6, 6.07) is 4.19. The number of hydrazine groups is 1. The molecule has 0 aliphatic heterocycles. The summed E-state index contributed by atoms with van der Waals surface area (Å²) >= 11 is 3.56. The average molecular weight is 325 g/mol. The van der Waals surface area contributed by atoms with Crippen LogP contribution < -0.4 is 11.3 Å². The summed E-state index contributed by atoms with van der Waals surface area (Å²) in [5, 5.41) is 12.0. The minimum Gasteiger partial charge on any atom is -0.271 e. The minimum absolute atomic E-state index is 0.0327. The van der Waals surface area contributed by atoms with Crippen LogP contribution in [0.1, 0.15) is 28.6 Å². The fourth-order valence-corrected chi connectivity index (χ4v) is 2.27. The topological polar surface area (TPSA) is 81.7 Å². The van der Waals surface area contributed by atoms with Crippen molar-refractivity contribution in [2.45, 2.75) is 26.3 Å². The second-order valence-electron chi connectivity index (χ2n) is 4.59. The van der Waals surface area contributed by atoms with Crippen LogP contribution in [0, 0.1) is 13.8 Å². The Kier molecular flexibility index (Phi) is 4.28. The predicted molar refractivity (Wildman–Crippen MR) is 76.2 cm³/mol. The third-order valence-electron chi connectivity index (χ3n) is 3.00. The third-order valence-corrected chi connectivity index (χ3v) is 4.25. The Morgan fingerprint density at radius 3 is 2.47 bits per heavy atom. The fourth-order valence-electron chi connectivity index (χ4n) is 2.04. The van der Waals surface area contributed by atoms with Gasteiger partial charge in [-0.15, -0.1) is 10.2 Å². The molecule has 1 aromatic carbocycles. The Morgan fingerprint density at radius 2 is 2.00 bits per heavy atom. The van der Waals surface area contributed by atoms with Crippen LogP contribution in [0.4, 0.5) is 0 Å². The monoisotopic (exact) mass is 324 g/mol. The molecule has 0 amide bonds. The minimum atomic E-state index is -0.0327. The molecule has 0 radical (unpaired) electrons. The van der Waals surface area contributed by atoms with E-state index < -0.39 is 0 Å². The number of aromatic nitrogens is 4. The van der Waals surface area contributed by atoms with Crippen molar-refractivity contribution in [3.8, 4) is 0 Å². The van der Waals surface area contributed by atoms with Crippen molar-refractivity contribution in [1.29, 1.82) is 0 Å². The van der Waals surface area contributed by atoms with Gasteiger partial charge in [0, 0.05) is 10.9 Å². The van der Waals surface area contributed by atoms with Crippen molar-refractivity contribution in [2.75, 3.05) is 0 Å². The zero-order chi connectivity index (χ0) is 14.0. The van der Waals surface area contributed by atoms with E-state index in [0.717, 1.165) is 10.0 Å². The molecule has 0 aliphatic rings. The molecule has 1 aromatic heterocycles. The maximum atomic E-state index is 5.65. The molecule has 0 fully saturated rings. The predicted octanol–water partition coefficient (Wildman–Crippen LogP) is 1.34. The van der Waals surface area contributed by atoms with Crippen molar-refractivity contribution in [3.63, 3.8) is 0 Å². The largest absolute Gasteiger partial charge is 0.271 e. The first kappa shape index (κ1) is 14.1. The van der Waals surface area contributed by atoms with E-state index in [4.69, 9.17) is 5.84 Å². The molecule has 1 unspecified atom stereocenters. The van der Waals surface area contributed by atoms with Crippen LogP contribution in [0.15, 0.2) is 16.6 Å². The van der Waals surface area contributed by atoms with Gasteiger partial charge in [0.1, 0.15) is 0 Å². The summed E-state index contributed by atoms with van der Waals surface area (Å²) in [5.74, 6) is 6.32. The molecule has 0 aliphatic carbocycles. The standard InChI is InChI=1S/C12H17BrN6/c1-7-4-9(5-8(2)12(7)13)10(15-14)6-11-16-18-19(3)17-11/h4-5,10,15H,6,14H2,1-3H3. The SMILES string of the molecule is Cc1cc(C(Cc2nnn(C)n2)NN)cc(C)c1Br. The van der Waals surface area contributed by atoms with Crippen LogP contribution in [0.3, 0.4) is 0 Å². The number of nitrogens with zero attached hydrogens (tertiary/aromatic N) is 4. The van der Waals surface area contributed by atoms with Gasteiger partial charge in [-0.2, -0.15) is 4.80 Å². The number of benzene rings is 1. The van der Waals surface area contributed by atoms with Gasteiger partial charge in [-0.1, -0.05) is 28.1 Å². The van der Waals surface area contributed by atoms with Gasteiger partial charge in [0.15, 0.2) is 5.82 Å². The van der Waals surface area contributed by atoms with E-state index >= 15 is 0 Å². The highest BCUT2D eigenvalue weighted by molar-refractivity contribution is 9.10. The van der Waals surface area contributed by atoms with E-state index in [2.05, 4.69) is 62.7 Å². The molecule has 0 spiro atoms. The van der Waals surface area contributed by atoms with Gasteiger partial charge in [0.25, 0.3) is 0 Å². The maximum absolute atomic E-state index is 5.65. The quantitative estimate of drug-likeness (QED) is 0.655. The summed E-state index contributed by atoms with van der Waals surface area (Å²) in [6.45, 7) is 4.13. The zero-order valence-electron chi connectivity index (χ0n) is 11.2. The van der Waals surface area contributed by atoms with Crippen LogP contribution >= 0.6 is 15.9 Å². The molecule has 2 rings (SSSR count). The van der Waals surface area contributed by atoms with Crippen molar-refractivity contribution >= 4 is 15.9 Å². The number of hydrogen-bond donors (Lipinski definition) is 2. The lowest BCUT2D eigenvalue weighted by molar-refractivity contribution is 0.535. The van der Waals surface area contributed by atoms with Crippen molar-refractivity contribution in [1.82, 2.24) is 25.6 Å². The van der Waals surface area contributed by atoms with Crippen LogP contribution in [0.2, 0.25) is 0 Å². The molecule has 0 saturated heterocycles. The highest BCUT2D eigenvalue weighted by Crippen LogP contribution is 2.26. The second-order valence-corrected chi connectivity index (χ2v) is 5.38. The summed E-state index contributed by atoms with van der Waals surface area (Å²) in [4.78, 5) is 1.45. The lowest BCUT2D eigenvalue weighted by Crippen LogP contribution is -2.30. The Morgan fingerprint density at radius 1 is 1.37 bits per heavy atom. The number of nitrogens with one attached hydrogen (secondary N) is 1. The number of tetrazole rings is 1.